The molecule has 0 aliphatic rings. The molecule has 0 saturated carbocycles. The van der Waals surface area contributed by atoms with Crippen molar-refractivity contribution in [2.75, 3.05) is 14.2 Å². The Morgan fingerprint density at radius 3 is 2.24 bits per heavy atom. The van der Waals surface area contributed by atoms with Crippen molar-refractivity contribution in [1.29, 1.82) is 0 Å². The lowest BCUT2D eigenvalue weighted by Gasteiger charge is -2.09. The molecule has 0 aromatic heterocycles. The lowest BCUT2D eigenvalue weighted by atomic mass is 10.2. The lowest BCUT2D eigenvalue weighted by molar-refractivity contribution is -0.117. The topological polar surface area (TPSA) is 76.7 Å². The Bertz CT molecular complexity index is 783. The molecule has 2 rings (SSSR count). The molecule has 130 valence electrons. The molecule has 0 fully saturated rings. The number of hydrogen-bond donors (Lipinski definition) is 2. The van der Waals surface area contributed by atoms with Gasteiger partial charge >= 0.3 is 0 Å². The van der Waals surface area contributed by atoms with E-state index in [9.17, 15) is 9.59 Å². The molecule has 0 saturated heterocycles. The molecule has 0 heterocycles. The number of amides is 2. The summed E-state index contributed by atoms with van der Waals surface area (Å²) in [5.41, 5.74) is 5.60. The molecule has 25 heavy (non-hydrogen) atoms. The zero-order chi connectivity index (χ0) is 18.2. The highest BCUT2D eigenvalue weighted by Gasteiger charge is 2.10. The van der Waals surface area contributed by atoms with Crippen molar-refractivity contribution in [3.05, 3.63) is 64.7 Å². The van der Waals surface area contributed by atoms with Gasteiger partial charge in [-0.25, -0.2) is 0 Å². The number of carbonyl (C=O) groups is 2. The molecule has 0 bridgehead atoms. The summed E-state index contributed by atoms with van der Waals surface area (Å²) in [5, 5.41) is 0.527. The van der Waals surface area contributed by atoms with Gasteiger partial charge in [0, 0.05) is 22.7 Å². The van der Waals surface area contributed by atoms with Gasteiger partial charge in [-0.15, -0.1) is 0 Å². The molecule has 0 radical (unpaired) electrons. The minimum Gasteiger partial charge on any atom is -0.497 e. The largest absolute Gasteiger partial charge is 0.497 e. The molecule has 0 aliphatic carbocycles. The Labute approximate surface area is 150 Å². The summed E-state index contributed by atoms with van der Waals surface area (Å²) in [6.07, 6.45) is 2.83. The van der Waals surface area contributed by atoms with Crippen LogP contribution in [-0.4, -0.2) is 26.0 Å². The molecule has 0 spiro atoms. The normalized spacial score (nSPS) is 10.4. The first-order valence-electron chi connectivity index (χ1n) is 7.29. The van der Waals surface area contributed by atoms with Crippen LogP contribution < -0.4 is 20.3 Å². The average Bonchev–Trinajstić information content (AvgIpc) is 2.64. The van der Waals surface area contributed by atoms with Crippen LogP contribution >= 0.6 is 11.6 Å². The summed E-state index contributed by atoms with van der Waals surface area (Å²) in [7, 11) is 2.97. The van der Waals surface area contributed by atoms with Crippen LogP contribution in [0.3, 0.4) is 0 Å². The van der Waals surface area contributed by atoms with Gasteiger partial charge in [-0.3, -0.25) is 20.4 Å². The van der Waals surface area contributed by atoms with Crippen molar-refractivity contribution in [2.24, 2.45) is 0 Å². The second-order valence-corrected chi connectivity index (χ2v) is 5.31. The first kappa shape index (κ1) is 18.4. The first-order chi connectivity index (χ1) is 12.0. The molecule has 0 atom stereocenters. The maximum atomic E-state index is 12.1. The lowest BCUT2D eigenvalue weighted by Crippen LogP contribution is -2.40. The number of benzene rings is 2. The molecule has 6 nitrogen and oxygen atoms in total. The standard InChI is InChI=1S/C18H17ClN2O4/c1-24-14-9-13(10-15(11-14)25-2)18(23)21-20-17(22)8-7-12-5-3-4-6-16(12)19/h3-11H,1-2H3,(H,20,22)(H,21,23)/b8-7+. The highest BCUT2D eigenvalue weighted by atomic mass is 35.5. The number of nitrogens with one attached hydrogen (secondary N) is 2. The van der Waals surface area contributed by atoms with Crippen LogP contribution in [0, 0.1) is 0 Å². The van der Waals surface area contributed by atoms with Crippen LogP contribution in [0.15, 0.2) is 48.5 Å². The van der Waals surface area contributed by atoms with Crippen LogP contribution in [0.5, 0.6) is 11.5 Å². The second-order valence-electron chi connectivity index (χ2n) is 4.90. The third kappa shape index (κ3) is 5.26. The first-order valence-corrected chi connectivity index (χ1v) is 7.67. The Morgan fingerprint density at radius 1 is 1.00 bits per heavy atom. The molecule has 2 aromatic rings. The monoisotopic (exact) mass is 360 g/mol. The van der Waals surface area contributed by atoms with E-state index in [4.69, 9.17) is 21.1 Å². The summed E-state index contributed by atoms with van der Waals surface area (Å²) in [6.45, 7) is 0. The van der Waals surface area contributed by atoms with E-state index in [1.165, 1.54) is 32.4 Å². The Balaban J connectivity index is 1.97. The van der Waals surface area contributed by atoms with Crippen molar-refractivity contribution >= 4 is 29.5 Å². The predicted molar refractivity (Wildman–Crippen MR) is 95.6 cm³/mol. The van der Waals surface area contributed by atoms with E-state index in [2.05, 4.69) is 10.9 Å². The van der Waals surface area contributed by atoms with Gasteiger partial charge in [0.15, 0.2) is 0 Å². The maximum absolute atomic E-state index is 12.1. The predicted octanol–water partition coefficient (Wildman–Crippen LogP) is 2.83. The molecule has 0 aliphatic heterocycles. The van der Waals surface area contributed by atoms with Gasteiger partial charge in [-0.2, -0.15) is 0 Å². The van der Waals surface area contributed by atoms with Crippen molar-refractivity contribution < 1.29 is 19.1 Å². The smallest absolute Gasteiger partial charge is 0.269 e. The Hall–Kier alpha value is -2.99. The van der Waals surface area contributed by atoms with Crippen molar-refractivity contribution in [1.82, 2.24) is 10.9 Å². The Kier molecular flexibility index (Phi) is 6.42. The van der Waals surface area contributed by atoms with Crippen molar-refractivity contribution in [2.45, 2.75) is 0 Å². The fraction of sp³-hybridized carbons (Fsp3) is 0.111. The number of rotatable bonds is 5. The summed E-state index contributed by atoms with van der Waals surface area (Å²) < 4.78 is 10.2. The van der Waals surface area contributed by atoms with Crippen LogP contribution in [0.25, 0.3) is 6.08 Å². The van der Waals surface area contributed by atoms with E-state index < -0.39 is 11.8 Å². The third-order valence-electron chi connectivity index (χ3n) is 3.23. The highest BCUT2D eigenvalue weighted by molar-refractivity contribution is 6.32. The SMILES string of the molecule is COc1cc(OC)cc(C(=O)NNC(=O)/C=C/c2ccccc2Cl)c1. The summed E-state index contributed by atoms with van der Waals surface area (Å²) in [5.74, 6) is -0.0660. The number of methoxy groups -OCH3 is 2. The minimum absolute atomic E-state index is 0.284. The number of carbonyl (C=O) groups excluding carboxylic acids is 2. The Morgan fingerprint density at radius 2 is 1.64 bits per heavy atom. The summed E-state index contributed by atoms with van der Waals surface area (Å²) >= 11 is 6.00. The van der Waals surface area contributed by atoms with Crippen LogP contribution in [-0.2, 0) is 4.79 Å². The zero-order valence-electron chi connectivity index (χ0n) is 13.7. The molecule has 0 unspecified atom stereocenters. The number of ether oxygens (including phenoxy) is 2. The van der Waals surface area contributed by atoms with Gasteiger partial charge in [0.1, 0.15) is 11.5 Å². The molecule has 2 N–H and O–H groups in total. The van der Waals surface area contributed by atoms with E-state index >= 15 is 0 Å². The van der Waals surface area contributed by atoms with Gasteiger partial charge in [-0.1, -0.05) is 29.8 Å². The van der Waals surface area contributed by atoms with Gasteiger partial charge < -0.3 is 9.47 Å². The van der Waals surface area contributed by atoms with Gasteiger partial charge in [0.05, 0.1) is 14.2 Å². The fourth-order valence-corrected chi connectivity index (χ4v) is 2.15. The second kappa shape index (κ2) is 8.75. The summed E-state index contributed by atoms with van der Waals surface area (Å²) in [6, 6.07) is 11.8. The summed E-state index contributed by atoms with van der Waals surface area (Å²) in [4.78, 5) is 23.9. The van der Waals surface area contributed by atoms with E-state index in [1.54, 1.807) is 36.4 Å². The van der Waals surface area contributed by atoms with Gasteiger partial charge in [-0.05, 0) is 29.8 Å². The van der Waals surface area contributed by atoms with E-state index in [1.807, 2.05) is 0 Å². The van der Waals surface area contributed by atoms with Gasteiger partial charge in [0.2, 0.25) is 0 Å². The molecule has 2 aromatic carbocycles. The fourth-order valence-electron chi connectivity index (χ4n) is 1.95. The number of hydrazine groups is 1. The third-order valence-corrected chi connectivity index (χ3v) is 3.58. The maximum Gasteiger partial charge on any atom is 0.269 e. The molecule has 2 amide bonds. The van der Waals surface area contributed by atoms with Crippen molar-refractivity contribution in [3.63, 3.8) is 0 Å². The highest BCUT2D eigenvalue weighted by Crippen LogP contribution is 2.22. The van der Waals surface area contributed by atoms with Crippen molar-refractivity contribution in [3.8, 4) is 11.5 Å². The van der Waals surface area contributed by atoms with Crippen LogP contribution in [0.4, 0.5) is 0 Å². The molecular weight excluding hydrogens is 344 g/mol. The van der Waals surface area contributed by atoms with Crippen LogP contribution in [0.1, 0.15) is 15.9 Å². The molecule has 7 heteroatoms. The minimum atomic E-state index is -0.503. The number of halogens is 1. The quantitative estimate of drug-likeness (QED) is 0.635. The van der Waals surface area contributed by atoms with E-state index in [0.717, 1.165) is 0 Å². The van der Waals surface area contributed by atoms with E-state index in [0.29, 0.717) is 22.1 Å². The molecular formula is C18H17ClN2O4. The number of hydrogen-bond acceptors (Lipinski definition) is 4. The van der Waals surface area contributed by atoms with E-state index in [-0.39, 0.29) is 5.56 Å². The zero-order valence-corrected chi connectivity index (χ0v) is 14.5. The van der Waals surface area contributed by atoms with Gasteiger partial charge in [0.25, 0.3) is 11.8 Å². The average molecular weight is 361 g/mol. The van der Waals surface area contributed by atoms with Crippen LogP contribution in [0.2, 0.25) is 5.02 Å².